The summed E-state index contributed by atoms with van der Waals surface area (Å²) >= 11 is 0. The van der Waals surface area contributed by atoms with Gasteiger partial charge in [0.25, 0.3) is 0 Å². The van der Waals surface area contributed by atoms with Crippen LogP contribution in [0.3, 0.4) is 0 Å². The molecule has 0 saturated carbocycles. The predicted octanol–water partition coefficient (Wildman–Crippen LogP) is -10.3. The molecular formula is H2CdCl2O9. The zero-order chi connectivity index (χ0) is 9.00. The van der Waals surface area contributed by atoms with E-state index in [1.165, 1.54) is 0 Å². The first-order valence-corrected chi connectivity index (χ1v) is 3.70. The second-order valence-corrected chi connectivity index (χ2v) is 2.27. The van der Waals surface area contributed by atoms with Crippen LogP contribution >= 0.6 is 0 Å². The summed E-state index contributed by atoms with van der Waals surface area (Å²) in [6, 6.07) is 0. The van der Waals surface area contributed by atoms with Crippen molar-refractivity contribution >= 4 is 0 Å². The summed E-state index contributed by atoms with van der Waals surface area (Å²) in [6.45, 7) is 0. The molecule has 0 aliphatic rings. The van der Waals surface area contributed by atoms with Crippen LogP contribution in [0, 0.1) is 20.5 Å². The van der Waals surface area contributed by atoms with Crippen LogP contribution in [0.2, 0.25) is 0 Å². The van der Waals surface area contributed by atoms with Crippen molar-refractivity contribution < 1.29 is 90.5 Å². The van der Waals surface area contributed by atoms with Crippen molar-refractivity contribution in [3.8, 4) is 0 Å². The van der Waals surface area contributed by atoms with Gasteiger partial charge in [-0.15, -0.1) is 20.5 Å². The molecule has 0 aliphatic carbocycles. The van der Waals surface area contributed by atoms with Gasteiger partial charge in [0.1, 0.15) is 0 Å². The third kappa shape index (κ3) is 879. The minimum absolute atomic E-state index is 0. The van der Waals surface area contributed by atoms with Gasteiger partial charge in [-0.05, 0) is 0 Å². The van der Waals surface area contributed by atoms with E-state index in [0.717, 1.165) is 0 Å². The Hall–Kier alpha value is 1.14. The quantitative estimate of drug-likeness (QED) is 0.387. The third-order valence-electron chi connectivity index (χ3n) is 0. The average molecular weight is 329 g/mol. The molecule has 0 rings (SSSR count). The number of hydrogen-bond acceptors (Lipinski definition) is 8. The molecule has 9 nitrogen and oxygen atoms in total. The van der Waals surface area contributed by atoms with E-state index >= 15 is 0 Å². The van der Waals surface area contributed by atoms with Gasteiger partial charge in [-0.1, -0.05) is 0 Å². The minimum Gasteiger partial charge on any atom is -0.412 e. The van der Waals surface area contributed by atoms with Crippen molar-refractivity contribution in [3.63, 3.8) is 0 Å². The van der Waals surface area contributed by atoms with E-state index in [4.69, 9.17) is 37.3 Å². The second kappa shape index (κ2) is 8.73. The maximum atomic E-state index is 8.49. The monoisotopic (exact) mass is 330 g/mol. The number of rotatable bonds is 0. The van der Waals surface area contributed by atoms with E-state index in [9.17, 15) is 0 Å². The molecule has 0 aliphatic heterocycles. The fraction of sp³-hybridized carbons (Fsp3) is 0. The van der Waals surface area contributed by atoms with Crippen LogP contribution < -0.4 is 37.3 Å². The van der Waals surface area contributed by atoms with E-state index in [0.29, 0.717) is 0 Å². The van der Waals surface area contributed by atoms with Crippen LogP contribution in [0.5, 0.6) is 0 Å². The molecule has 0 aromatic carbocycles. The van der Waals surface area contributed by atoms with Crippen molar-refractivity contribution in [2.24, 2.45) is 0 Å². The van der Waals surface area contributed by atoms with Gasteiger partial charge in [-0.2, -0.15) is 0 Å². The van der Waals surface area contributed by atoms with E-state index in [-0.39, 0.29) is 32.8 Å². The maximum Gasteiger partial charge on any atom is 2.00 e. The summed E-state index contributed by atoms with van der Waals surface area (Å²) in [6.07, 6.45) is 0. The van der Waals surface area contributed by atoms with Crippen LogP contribution in [-0.2, 0) is 27.3 Å². The molecule has 12 heavy (non-hydrogen) atoms. The molecule has 0 aromatic heterocycles. The number of hydrogen-bond donors (Lipinski definition) is 0. The summed E-state index contributed by atoms with van der Waals surface area (Å²) in [5.74, 6) is 0. The van der Waals surface area contributed by atoms with E-state index < -0.39 is 20.5 Å². The molecule has 0 unspecified atom stereocenters. The fourth-order valence-corrected chi connectivity index (χ4v) is 0. The van der Waals surface area contributed by atoms with Crippen LogP contribution in [-0.4, -0.2) is 5.48 Å². The summed E-state index contributed by atoms with van der Waals surface area (Å²) in [7, 11) is -9.89. The van der Waals surface area contributed by atoms with Gasteiger partial charge in [-0.25, -0.2) is 37.3 Å². The molecule has 0 atom stereocenters. The Labute approximate surface area is 90.4 Å². The molecular weight excluding hydrogens is 327 g/mol. The zero-order valence-electron chi connectivity index (χ0n) is 5.23. The molecule has 72 valence electrons. The number of halogens is 2. The van der Waals surface area contributed by atoms with Crippen molar-refractivity contribution in [3.05, 3.63) is 0 Å². The average Bonchev–Trinajstić information content (AvgIpc) is 1.12. The van der Waals surface area contributed by atoms with Gasteiger partial charge in [0, 0.05) is 0 Å². The normalized spacial score (nSPS) is 10.0. The largest absolute Gasteiger partial charge is 2.00 e. The zero-order valence-corrected chi connectivity index (χ0v) is 10.8. The fourth-order valence-electron chi connectivity index (χ4n) is 0. The Morgan fingerprint density at radius 3 is 0.500 bits per heavy atom. The Bertz CT molecular complexity index is 55.5. The Morgan fingerprint density at radius 2 is 0.500 bits per heavy atom. The van der Waals surface area contributed by atoms with Crippen molar-refractivity contribution in [1.29, 1.82) is 0 Å². The van der Waals surface area contributed by atoms with E-state index in [2.05, 4.69) is 0 Å². The first-order chi connectivity index (χ1) is 4.00. The topological polar surface area (TPSA) is 216 Å². The van der Waals surface area contributed by atoms with Crippen LogP contribution in [0.25, 0.3) is 0 Å². The molecule has 0 saturated heterocycles. The molecule has 0 heterocycles. The smallest absolute Gasteiger partial charge is 0.412 e. The Morgan fingerprint density at radius 1 is 0.500 bits per heavy atom. The Kier molecular flexibility index (Phi) is 16.9. The van der Waals surface area contributed by atoms with Crippen molar-refractivity contribution in [1.82, 2.24) is 0 Å². The molecule has 0 spiro atoms. The molecule has 0 amide bonds. The molecule has 2 N–H and O–H groups in total. The maximum absolute atomic E-state index is 8.49. The van der Waals surface area contributed by atoms with Gasteiger partial charge in [0.15, 0.2) is 0 Å². The predicted molar refractivity (Wildman–Crippen MR) is 3.61 cm³/mol. The molecule has 0 radical (unpaired) electrons. The van der Waals surface area contributed by atoms with Crippen LogP contribution in [0.1, 0.15) is 0 Å². The Balaban J connectivity index is -0.0000000457. The first-order valence-electron chi connectivity index (χ1n) is 1.23. The summed E-state index contributed by atoms with van der Waals surface area (Å²) < 4.78 is 67.9. The van der Waals surface area contributed by atoms with Crippen molar-refractivity contribution in [2.75, 3.05) is 0 Å². The first kappa shape index (κ1) is 23.2. The molecule has 0 aromatic rings. The standard InChI is InChI=1S/Cd.2ClHO4.H2O/c;2*2-1(3,4)5;/h;2*(H,2,3,4,5);1H2/q+2;;;/p-2. The van der Waals surface area contributed by atoms with Gasteiger partial charge in [0.2, 0.25) is 0 Å². The van der Waals surface area contributed by atoms with Gasteiger partial charge in [-0.3, -0.25) is 0 Å². The van der Waals surface area contributed by atoms with Gasteiger partial charge < -0.3 is 5.48 Å². The van der Waals surface area contributed by atoms with E-state index in [1.807, 2.05) is 0 Å². The summed E-state index contributed by atoms with van der Waals surface area (Å²) in [5.41, 5.74) is 0. The van der Waals surface area contributed by atoms with Gasteiger partial charge in [0.05, 0.1) is 0 Å². The third-order valence-corrected chi connectivity index (χ3v) is 0. The van der Waals surface area contributed by atoms with Crippen LogP contribution in [0.15, 0.2) is 0 Å². The van der Waals surface area contributed by atoms with Gasteiger partial charge >= 0.3 is 27.3 Å². The summed E-state index contributed by atoms with van der Waals surface area (Å²) in [5, 5.41) is 0. The molecule has 0 bridgehead atoms. The summed E-state index contributed by atoms with van der Waals surface area (Å²) in [4.78, 5) is 0. The molecule has 0 fully saturated rings. The molecule has 12 heteroatoms. The van der Waals surface area contributed by atoms with Crippen LogP contribution in [0.4, 0.5) is 0 Å². The minimum atomic E-state index is -4.94. The SMILES string of the molecule is O.[Cd+2].[O-][Cl+3]([O-])([O-])[O-].[O-][Cl+3]([O-])([O-])[O-]. The van der Waals surface area contributed by atoms with Crippen molar-refractivity contribution in [2.45, 2.75) is 0 Å². The second-order valence-electron chi connectivity index (χ2n) is 0.756. The van der Waals surface area contributed by atoms with E-state index in [1.54, 1.807) is 0 Å².